The van der Waals surface area contributed by atoms with Crippen LogP contribution >= 0.6 is 7.05 Å². The van der Waals surface area contributed by atoms with Gasteiger partial charge in [-0.3, -0.25) is 0 Å². The molecule has 0 atom stereocenters. The maximum Gasteiger partial charge on any atom is 0.356 e. The second-order valence-electron chi connectivity index (χ2n) is 7.78. The van der Waals surface area contributed by atoms with E-state index < -0.39 is 13.0 Å². The molecule has 4 aromatic carbocycles. The zero-order valence-corrected chi connectivity index (χ0v) is 20.6. The zero-order chi connectivity index (χ0) is 24.3. The number of carbonyl (C=O) groups is 1. The standard InChI is InChI=1S/C31H28NO2P/c1-2-34-31(33)30(25-15-18-26-16-7-3-8-17-26)32-35(27-19-9-4-10-20-27,28-21-11-5-12-22-28)29-23-13-6-14-24-29/h3-25H,2H2,1H3/b18-15+,30-25-. The number of carbonyl (C=O) groups excluding carboxylic acids is 1. The van der Waals surface area contributed by atoms with Crippen molar-refractivity contribution in [1.29, 1.82) is 0 Å². The Bertz CT molecular complexity index is 1240. The van der Waals surface area contributed by atoms with Gasteiger partial charge in [0, 0.05) is 15.9 Å². The lowest BCUT2D eigenvalue weighted by Gasteiger charge is -2.27. The molecular formula is C31H28NO2P. The number of benzene rings is 4. The zero-order valence-electron chi connectivity index (χ0n) is 19.7. The molecule has 0 spiro atoms. The quantitative estimate of drug-likeness (QED) is 0.129. The summed E-state index contributed by atoms with van der Waals surface area (Å²) in [5, 5.41) is 3.21. The van der Waals surface area contributed by atoms with Gasteiger partial charge < -0.3 is 4.74 Å². The van der Waals surface area contributed by atoms with Crippen molar-refractivity contribution in [1.82, 2.24) is 0 Å². The Morgan fingerprint density at radius 1 is 0.714 bits per heavy atom. The highest BCUT2D eigenvalue weighted by atomic mass is 31.2. The number of ether oxygens (including phenoxy) is 1. The fraction of sp³-hybridized carbons (Fsp3) is 0.0645. The summed E-state index contributed by atoms with van der Waals surface area (Å²) in [5.41, 5.74) is 1.34. The smallest absolute Gasteiger partial charge is 0.356 e. The molecule has 0 aliphatic heterocycles. The van der Waals surface area contributed by atoms with Gasteiger partial charge in [0.15, 0.2) is 0 Å². The highest BCUT2D eigenvalue weighted by Crippen LogP contribution is 2.47. The molecule has 0 aliphatic rings. The van der Waals surface area contributed by atoms with Crippen LogP contribution in [-0.4, -0.2) is 12.6 Å². The second kappa shape index (κ2) is 12.0. The molecule has 0 aliphatic carbocycles. The number of hydrogen-bond donors (Lipinski definition) is 0. The lowest BCUT2D eigenvalue weighted by atomic mass is 10.2. The van der Waals surface area contributed by atoms with Crippen molar-refractivity contribution < 1.29 is 9.53 Å². The Morgan fingerprint density at radius 2 is 1.14 bits per heavy atom. The highest BCUT2D eigenvalue weighted by Gasteiger charge is 2.29. The average Bonchev–Trinajstić information content (AvgIpc) is 2.93. The summed E-state index contributed by atoms with van der Waals surface area (Å²) in [6.07, 6.45) is 5.58. The van der Waals surface area contributed by atoms with Crippen molar-refractivity contribution >= 4 is 35.0 Å². The third-order valence-electron chi connectivity index (χ3n) is 5.47. The van der Waals surface area contributed by atoms with Gasteiger partial charge in [0.1, 0.15) is 5.70 Å². The first-order valence-corrected chi connectivity index (χ1v) is 13.4. The summed E-state index contributed by atoms with van der Waals surface area (Å²) in [5.74, 6) is -0.433. The molecule has 174 valence electrons. The maximum atomic E-state index is 13.2. The summed E-state index contributed by atoms with van der Waals surface area (Å²) >= 11 is 0. The number of nitrogens with zero attached hydrogens (tertiary/aromatic N) is 1. The van der Waals surface area contributed by atoms with Gasteiger partial charge in [0.05, 0.1) is 13.7 Å². The number of allylic oxidation sites excluding steroid dienone is 2. The lowest BCUT2D eigenvalue weighted by molar-refractivity contribution is -0.138. The number of rotatable bonds is 8. The van der Waals surface area contributed by atoms with E-state index >= 15 is 0 Å². The first-order chi connectivity index (χ1) is 17.2. The molecule has 3 nitrogen and oxygen atoms in total. The summed E-state index contributed by atoms with van der Waals surface area (Å²) < 4.78 is 10.8. The normalized spacial score (nSPS) is 11.9. The largest absolute Gasteiger partial charge is 0.461 e. The SMILES string of the molecule is CCOC(=O)/C(=C/C=C/c1ccccc1)N=P(c1ccccc1)(c1ccccc1)c1ccccc1. The fourth-order valence-electron chi connectivity index (χ4n) is 3.87. The molecule has 0 aromatic heterocycles. The summed E-state index contributed by atoms with van der Waals surface area (Å²) in [4.78, 5) is 13.2. The van der Waals surface area contributed by atoms with E-state index in [4.69, 9.17) is 9.48 Å². The third kappa shape index (κ3) is 5.77. The van der Waals surface area contributed by atoms with Crippen molar-refractivity contribution in [3.8, 4) is 0 Å². The molecule has 4 aromatic rings. The van der Waals surface area contributed by atoms with Crippen LogP contribution in [0.1, 0.15) is 12.5 Å². The molecule has 35 heavy (non-hydrogen) atoms. The first kappa shape index (κ1) is 24.2. The van der Waals surface area contributed by atoms with Gasteiger partial charge in [-0.15, -0.1) is 0 Å². The van der Waals surface area contributed by atoms with Crippen LogP contribution in [-0.2, 0) is 9.53 Å². The van der Waals surface area contributed by atoms with Crippen molar-refractivity contribution in [2.45, 2.75) is 6.92 Å². The Balaban J connectivity index is 2.01. The van der Waals surface area contributed by atoms with Gasteiger partial charge in [-0.05, 0) is 18.6 Å². The summed E-state index contributed by atoms with van der Waals surface area (Å²) in [6, 6.07) is 40.7. The van der Waals surface area contributed by atoms with Crippen LogP contribution in [0.15, 0.2) is 144 Å². The minimum atomic E-state index is -2.58. The van der Waals surface area contributed by atoms with Crippen LogP contribution in [0.4, 0.5) is 0 Å². The molecule has 0 saturated heterocycles. The van der Waals surface area contributed by atoms with Gasteiger partial charge in [-0.2, -0.15) is 0 Å². The van der Waals surface area contributed by atoms with E-state index in [1.807, 2.05) is 104 Å². The van der Waals surface area contributed by atoms with E-state index in [0.717, 1.165) is 21.5 Å². The van der Waals surface area contributed by atoms with Crippen molar-refractivity contribution in [3.05, 3.63) is 145 Å². The van der Waals surface area contributed by atoms with E-state index in [0.29, 0.717) is 5.70 Å². The molecule has 4 rings (SSSR count). The van der Waals surface area contributed by atoms with Crippen molar-refractivity contribution in [2.75, 3.05) is 6.61 Å². The summed E-state index contributed by atoms with van der Waals surface area (Å²) in [7, 11) is -2.58. The molecule has 0 bridgehead atoms. The van der Waals surface area contributed by atoms with Gasteiger partial charge in [-0.1, -0.05) is 133 Å². The molecule has 0 N–H and O–H groups in total. The minimum Gasteiger partial charge on any atom is -0.461 e. The van der Waals surface area contributed by atoms with E-state index in [-0.39, 0.29) is 6.61 Å². The Labute approximate surface area is 207 Å². The highest BCUT2D eigenvalue weighted by molar-refractivity contribution is 7.87. The maximum absolute atomic E-state index is 13.2. The molecule has 0 amide bonds. The molecule has 0 unspecified atom stereocenters. The Morgan fingerprint density at radius 3 is 1.57 bits per heavy atom. The van der Waals surface area contributed by atoms with Gasteiger partial charge >= 0.3 is 5.97 Å². The Kier molecular flexibility index (Phi) is 8.27. The fourth-order valence-corrected chi connectivity index (χ4v) is 7.40. The van der Waals surface area contributed by atoms with Crippen LogP contribution in [0.3, 0.4) is 0 Å². The van der Waals surface area contributed by atoms with E-state index in [1.54, 1.807) is 6.08 Å². The van der Waals surface area contributed by atoms with Crippen LogP contribution in [0, 0.1) is 0 Å². The Hall–Kier alpha value is -3.94. The molecule has 0 heterocycles. The predicted molar refractivity (Wildman–Crippen MR) is 148 cm³/mol. The van der Waals surface area contributed by atoms with E-state index in [1.165, 1.54) is 0 Å². The van der Waals surface area contributed by atoms with Gasteiger partial charge in [0.2, 0.25) is 0 Å². The molecular weight excluding hydrogens is 449 g/mol. The second-order valence-corrected chi connectivity index (χ2v) is 10.8. The van der Waals surface area contributed by atoms with Crippen LogP contribution in [0.25, 0.3) is 6.08 Å². The lowest BCUT2D eigenvalue weighted by Crippen LogP contribution is -2.26. The van der Waals surface area contributed by atoms with Crippen LogP contribution in [0.5, 0.6) is 0 Å². The monoisotopic (exact) mass is 477 g/mol. The summed E-state index contributed by atoms with van der Waals surface area (Å²) in [6.45, 7) is 2.09. The molecule has 0 saturated carbocycles. The van der Waals surface area contributed by atoms with E-state index in [9.17, 15) is 4.79 Å². The first-order valence-electron chi connectivity index (χ1n) is 11.6. The van der Waals surface area contributed by atoms with Crippen LogP contribution < -0.4 is 15.9 Å². The van der Waals surface area contributed by atoms with Crippen molar-refractivity contribution in [2.24, 2.45) is 4.74 Å². The van der Waals surface area contributed by atoms with Crippen LogP contribution in [0.2, 0.25) is 0 Å². The molecule has 0 fully saturated rings. The van der Waals surface area contributed by atoms with Gasteiger partial charge in [-0.25, -0.2) is 9.54 Å². The van der Waals surface area contributed by atoms with E-state index in [2.05, 4.69) is 36.4 Å². The number of esters is 1. The minimum absolute atomic E-state index is 0.279. The molecule has 4 heteroatoms. The predicted octanol–water partition coefficient (Wildman–Crippen LogP) is 6.32. The number of hydrogen-bond acceptors (Lipinski definition) is 3. The average molecular weight is 478 g/mol. The molecule has 0 radical (unpaired) electrons. The topological polar surface area (TPSA) is 38.7 Å². The third-order valence-corrected chi connectivity index (χ3v) is 9.13. The van der Waals surface area contributed by atoms with Crippen molar-refractivity contribution in [3.63, 3.8) is 0 Å². The van der Waals surface area contributed by atoms with Gasteiger partial charge in [0.25, 0.3) is 0 Å².